The normalized spacial score (nSPS) is 16.6. The third-order valence-corrected chi connectivity index (χ3v) is 6.23. The maximum Gasteiger partial charge on any atom is 0.295 e. The van der Waals surface area contributed by atoms with Gasteiger partial charge in [-0.1, -0.05) is 25.5 Å². The summed E-state index contributed by atoms with van der Waals surface area (Å²) in [5.74, 6) is -0.103. The lowest BCUT2D eigenvalue weighted by Gasteiger charge is -2.26. The summed E-state index contributed by atoms with van der Waals surface area (Å²) >= 11 is 0. The number of likely N-dealkylation sites (tertiary alicyclic amines) is 1. The Morgan fingerprint density at radius 1 is 1.03 bits per heavy atom. The number of aromatic nitrogens is 1. The minimum absolute atomic E-state index is 0.000705. The molecule has 3 aromatic rings. The standard InChI is InChI=1S/C29H30N2O6/c1-4-5-15-37-22-11-8-20(9-12-22)27(32)25-26(21-10-13-23(35-2)24(16-21)36-3)31(29(34)28(25)33)18-19-7-6-14-30-17-19/h6-14,16-17,26,32H,4-5,15,18H2,1-3H3/b27-25+/t26-/m1/s1. The Labute approximate surface area is 216 Å². The molecule has 1 N–H and O–H groups in total. The average molecular weight is 503 g/mol. The minimum atomic E-state index is -0.847. The summed E-state index contributed by atoms with van der Waals surface area (Å²) in [4.78, 5) is 32.1. The lowest BCUT2D eigenvalue weighted by molar-refractivity contribution is -0.140. The van der Waals surface area contributed by atoms with Crippen molar-refractivity contribution in [3.8, 4) is 17.2 Å². The smallest absolute Gasteiger partial charge is 0.295 e. The molecular formula is C29H30N2O6. The molecule has 1 aromatic heterocycles. The van der Waals surface area contributed by atoms with Gasteiger partial charge in [0.2, 0.25) is 0 Å². The second-order valence-corrected chi connectivity index (χ2v) is 8.63. The molecule has 192 valence electrons. The molecule has 8 heteroatoms. The van der Waals surface area contributed by atoms with Crippen LogP contribution in [0.3, 0.4) is 0 Å². The van der Waals surface area contributed by atoms with Crippen LogP contribution in [0.1, 0.15) is 42.5 Å². The molecule has 0 unspecified atom stereocenters. The van der Waals surface area contributed by atoms with Gasteiger partial charge in [0.25, 0.3) is 11.7 Å². The maximum absolute atomic E-state index is 13.3. The van der Waals surface area contributed by atoms with E-state index in [-0.39, 0.29) is 17.9 Å². The number of ether oxygens (including phenoxy) is 3. The van der Waals surface area contributed by atoms with Gasteiger partial charge in [-0.15, -0.1) is 0 Å². The number of aliphatic hydroxyl groups excluding tert-OH is 1. The third kappa shape index (κ3) is 5.43. The summed E-state index contributed by atoms with van der Waals surface area (Å²) in [5, 5.41) is 11.3. The quantitative estimate of drug-likeness (QED) is 0.182. The lowest BCUT2D eigenvalue weighted by Crippen LogP contribution is -2.29. The molecule has 0 aliphatic carbocycles. The molecule has 1 aliphatic heterocycles. The number of amides is 1. The van der Waals surface area contributed by atoms with E-state index in [1.807, 2.05) is 6.07 Å². The molecular weight excluding hydrogens is 472 g/mol. The van der Waals surface area contributed by atoms with Gasteiger partial charge in [0.1, 0.15) is 11.5 Å². The molecule has 1 amide bonds. The average Bonchev–Trinajstić information content (AvgIpc) is 3.18. The Morgan fingerprint density at radius 3 is 2.43 bits per heavy atom. The fraction of sp³-hybridized carbons (Fsp3) is 0.276. The molecule has 2 aromatic carbocycles. The molecule has 4 rings (SSSR count). The number of pyridine rings is 1. The first-order chi connectivity index (χ1) is 18.0. The molecule has 1 aliphatic rings. The monoisotopic (exact) mass is 502 g/mol. The van der Waals surface area contributed by atoms with E-state index in [1.54, 1.807) is 60.9 Å². The highest BCUT2D eigenvalue weighted by atomic mass is 16.5. The first-order valence-electron chi connectivity index (χ1n) is 12.1. The van der Waals surface area contributed by atoms with Crippen molar-refractivity contribution >= 4 is 17.4 Å². The van der Waals surface area contributed by atoms with Crippen molar-refractivity contribution in [3.63, 3.8) is 0 Å². The van der Waals surface area contributed by atoms with Gasteiger partial charge in [-0.3, -0.25) is 14.6 Å². The summed E-state index contributed by atoms with van der Waals surface area (Å²) in [7, 11) is 3.04. The van der Waals surface area contributed by atoms with Gasteiger partial charge in [0.05, 0.1) is 32.4 Å². The molecule has 1 fully saturated rings. The number of hydrogen-bond acceptors (Lipinski definition) is 7. The molecule has 0 saturated carbocycles. The van der Waals surface area contributed by atoms with Crippen molar-refractivity contribution in [2.75, 3.05) is 20.8 Å². The molecule has 8 nitrogen and oxygen atoms in total. The fourth-order valence-corrected chi connectivity index (χ4v) is 4.30. The van der Waals surface area contributed by atoms with E-state index in [1.165, 1.54) is 19.1 Å². The largest absolute Gasteiger partial charge is 0.507 e. The zero-order valence-corrected chi connectivity index (χ0v) is 21.1. The van der Waals surface area contributed by atoms with Crippen LogP contribution < -0.4 is 14.2 Å². The van der Waals surface area contributed by atoms with Gasteiger partial charge >= 0.3 is 0 Å². The number of Topliss-reactive ketones (excluding diaryl/α,β-unsaturated/α-hetero) is 1. The first kappa shape index (κ1) is 25.8. The summed E-state index contributed by atoms with van der Waals surface area (Å²) in [6.07, 6.45) is 5.24. The summed E-state index contributed by atoms with van der Waals surface area (Å²) in [6, 6.07) is 14.8. The molecule has 1 saturated heterocycles. The maximum atomic E-state index is 13.3. The number of unbranched alkanes of at least 4 members (excludes halogenated alkanes) is 1. The predicted octanol–water partition coefficient (Wildman–Crippen LogP) is 4.90. The van der Waals surface area contributed by atoms with E-state index in [4.69, 9.17) is 14.2 Å². The van der Waals surface area contributed by atoms with E-state index in [0.29, 0.717) is 35.0 Å². The van der Waals surface area contributed by atoms with Crippen molar-refractivity contribution < 1.29 is 28.9 Å². The summed E-state index contributed by atoms with van der Waals surface area (Å²) in [5.41, 5.74) is 1.76. The number of methoxy groups -OCH3 is 2. The highest BCUT2D eigenvalue weighted by Gasteiger charge is 2.46. The van der Waals surface area contributed by atoms with Crippen LogP contribution in [0.25, 0.3) is 5.76 Å². The van der Waals surface area contributed by atoms with Crippen LogP contribution in [-0.4, -0.2) is 47.5 Å². The number of ketones is 1. The molecule has 0 radical (unpaired) electrons. The van der Waals surface area contributed by atoms with Gasteiger partial charge in [-0.25, -0.2) is 0 Å². The van der Waals surface area contributed by atoms with Crippen LogP contribution in [-0.2, 0) is 16.1 Å². The number of hydrogen-bond donors (Lipinski definition) is 1. The Hall–Kier alpha value is -4.33. The van der Waals surface area contributed by atoms with Crippen LogP contribution in [0.2, 0.25) is 0 Å². The number of benzene rings is 2. The second kappa shape index (κ2) is 11.6. The number of nitrogens with zero attached hydrogens (tertiary/aromatic N) is 2. The van der Waals surface area contributed by atoms with E-state index in [0.717, 1.165) is 18.4 Å². The number of carbonyl (C=O) groups excluding carboxylic acids is 2. The highest BCUT2D eigenvalue weighted by Crippen LogP contribution is 2.42. The van der Waals surface area contributed by atoms with Crippen molar-refractivity contribution in [1.29, 1.82) is 0 Å². The zero-order chi connectivity index (χ0) is 26.4. The lowest BCUT2D eigenvalue weighted by atomic mass is 9.94. The van der Waals surface area contributed by atoms with Crippen LogP contribution in [0.4, 0.5) is 0 Å². The molecule has 0 spiro atoms. The highest BCUT2D eigenvalue weighted by molar-refractivity contribution is 6.46. The van der Waals surface area contributed by atoms with Gasteiger partial charge in [-0.2, -0.15) is 0 Å². The Balaban J connectivity index is 1.79. The fourth-order valence-electron chi connectivity index (χ4n) is 4.30. The van der Waals surface area contributed by atoms with Crippen molar-refractivity contribution in [1.82, 2.24) is 9.88 Å². The number of rotatable bonds is 10. The van der Waals surface area contributed by atoms with Crippen LogP contribution in [0.15, 0.2) is 72.6 Å². The zero-order valence-electron chi connectivity index (χ0n) is 21.1. The van der Waals surface area contributed by atoms with Crippen LogP contribution in [0.5, 0.6) is 17.2 Å². The molecule has 1 atom stereocenters. The third-order valence-electron chi connectivity index (χ3n) is 6.23. The van der Waals surface area contributed by atoms with Crippen LogP contribution in [0, 0.1) is 0 Å². The predicted molar refractivity (Wildman–Crippen MR) is 138 cm³/mol. The number of carbonyl (C=O) groups is 2. The molecule has 0 bridgehead atoms. The topological polar surface area (TPSA) is 98.2 Å². The van der Waals surface area contributed by atoms with Gasteiger partial charge in [-0.05, 0) is 60.0 Å². The van der Waals surface area contributed by atoms with E-state index >= 15 is 0 Å². The first-order valence-corrected chi connectivity index (χ1v) is 12.1. The summed E-state index contributed by atoms with van der Waals surface area (Å²) in [6.45, 7) is 2.82. The van der Waals surface area contributed by atoms with Crippen molar-refractivity contribution in [2.24, 2.45) is 0 Å². The van der Waals surface area contributed by atoms with Crippen LogP contribution >= 0.6 is 0 Å². The molecule has 2 heterocycles. The van der Waals surface area contributed by atoms with E-state index in [2.05, 4.69) is 11.9 Å². The van der Waals surface area contributed by atoms with Gasteiger partial charge in [0.15, 0.2) is 11.5 Å². The SMILES string of the molecule is CCCCOc1ccc(/C(O)=C2\C(=O)C(=O)N(Cc3cccnc3)[C@@H]2c2ccc(OC)c(OC)c2)cc1. The molecule has 37 heavy (non-hydrogen) atoms. The van der Waals surface area contributed by atoms with Crippen molar-refractivity contribution in [3.05, 3.63) is 89.3 Å². The minimum Gasteiger partial charge on any atom is -0.507 e. The van der Waals surface area contributed by atoms with E-state index < -0.39 is 17.7 Å². The second-order valence-electron chi connectivity index (χ2n) is 8.63. The van der Waals surface area contributed by atoms with Crippen molar-refractivity contribution in [2.45, 2.75) is 32.4 Å². The van der Waals surface area contributed by atoms with Gasteiger partial charge in [0, 0.05) is 24.5 Å². The Bertz CT molecular complexity index is 1290. The number of aliphatic hydroxyl groups is 1. The Kier molecular flexibility index (Phi) is 8.08. The van der Waals surface area contributed by atoms with E-state index in [9.17, 15) is 14.7 Å². The Morgan fingerprint density at radius 2 is 1.78 bits per heavy atom. The van der Waals surface area contributed by atoms with Gasteiger partial charge < -0.3 is 24.2 Å². The summed E-state index contributed by atoms with van der Waals surface area (Å²) < 4.78 is 16.5.